The molecule has 1 aliphatic heterocycles. The third-order valence-electron chi connectivity index (χ3n) is 3.74. The molecular weight excluding hydrogens is 288 g/mol. The molecule has 0 spiro atoms. The van der Waals surface area contributed by atoms with Crippen LogP contribution in [0.1, 0.15) is 16.1 Å². The van der Waals surface area contributed by atoms with Crippen LogP contribution < -0.4 is 10.2 Å². The average molecular weight is 302 g/mol. The molecule has 0 bridgehead atoms. The van der Waals surface area contributed by atoms with Gasteiger partial charge in [0.15, 0.2) is 0 Å². The molecule has 0 fully saturated rings. The van der Waals surface area contributed by atoms with Crippen molar-refractivity contribution in [2.75, 3.05) is 10.2 Å². The van der Waals surface area contributed by atoms with Gasteiger partial charge in [-0.15, -0.1) is 0 Å². The van der Waals surface area contributed by atoms with Crippen LogP contribution in [0.5, 0.6) is 0 Å². The number of hydrogen-bond acceptors (Lipinski definition) is 4. The molecule has 1 N–H and O–H groups in total. The van der Waals surface area contributed by atoms with Crippen molar-refractivity contribution in [2.24, 2.45) is 0 Å². The lowest BCUT2D eigenvalue weighted by atomic mass is 10.3. The van der Waals surface area contributed by atoms with Gasteiger partial charge in [-0.25, -0.2) is 9.97 Å². The van der Waals surface area contributed by atoms with Crippen molar-refractivity contribution in [3.05, 3.63) is 78.1 Å². The van der Waals surface area contributed by atoms with Crippen LogP contribution in [-0.2, 0) is 6.54 Å². The van der Waals surface area contributed by atoms with Gasteiger partial charge in [-0.05, 0) is 24.3 Å². The van der Waals surface area contributed by atoms with E-state index >= 15 is 0 Å². The van der Waals surface area contributed by atoms with Crippen LogP contribution in [0.15, 0.2) is 66.9 Å². The molecule has 2 aromatic carbocycles. The highest BCUT2D eigenvalue weighted by molar-refractivity contribution is 6.08. The highest BCUT2D eigenvalue weighted by atomic mass is 16.2. The number of aromatic nitrogens is 2. The van der Waals surface area contributed by atoms with E-state index in [4.69, 9.17) is 0 Å². The van der Waals surface area contributed by atoms with E-state index in [1.165, 1.54) is 0 Å². The molecule has 1 aliphatic rings. The van der Waals surface area contributed by atoms with Crippen LogP contribution in [0, 0.1) is 0 Å². The van der Waals surface area contributed by atoms with Crippen molar-refractivity contribution in [3.8, 4) is 0 Å². The fourth-order valence-corrected chi connectivity index (χ4v) is 2.60. The minimum Gasteiger partial charge on any atom is -0.324 e. The third-order valence-corrected chi connectivity index (χ3v) is 3.74. The molecule has 0 unspecified atom stereocenters. The lowest BCUT2D eigenvalue weighted by Gasteiger charge is -2.14. The molecule has 0 saturated carbocycles. The Kier molecular flexibility index (Phi) is 3.24. The zero-order chi connectivity index (χ0) is 15.6. The van der Waals surface area contributed by atoms with Gasteiger partial charge in [0.25, 0.3) is 5.91 Å². The van der Waals surface area contributed by atoms with Gasteiger partial charge in [0, 0.05) is 23.1 Å². The summed E-state index contributed by atoms with van der Waals surface area (Å²) in [4.78, 5) is 23.0. The first-order valence-corrected chi connectivity index (χ1v) is 7.36. The number of nitrogens with one attached hydrogen (secondary N) is 1. The summed E-state index contributed by atoms with van der Waals surface area (Å²) in [6.07, 6.45) is 1.72. The Labute approximate surface area is 133 Å². The maximum atomic E-state index is 12.6. The van der Waals surface area contributed by atoms with E-state index in [1.807, 2.05) is 60.7 Å². The maximum Gasteiger partial charge on any atom is 0.277 e. The summed E-state index contributed by atoms with van der Waals surface area (Å²) in [5.41, 5.74) is 3.06. The number of anilines is 3. The number of benzene rings is 2. The second-order valence-corrected chi connectivity index (χ2v) is 5.29. The molecule has 23 heavy (non-hydrogen) atoms. The van der Waals surface area contributed by atoms with E-state index in [2.05, 4.69) is 15.3 Å². The largest absolute Gasteiger partial charge is 0.324 e. The summed E-state index contributed by atoms with van der Waals surface area (Å²) >= 11 is 0. The van der Waals surface area contributed by atoms with Gasteiger partial charge in [-0.3, -0.25) is 4.79 Å². The molecule has 0 aliphatic carbocycles. The van der Waals surface area contributed by atoms with Crippen molar-refractivity contribution in [2.45, 2.75) is 6.54 Å². The van der Waals surface area contributed by atoms with Gasteiger partial charge in [-0.1, -0.05) is 36.4 Å². The van der Waals surface area contributed by atoms with Gasteiger partial charge in [0.05, 0.1) is 6.54 Å². The first-order chi connectivity index (χ1) is 11.3. The standard InChI is InChI=1S/C18H14N4O/c23-17-16-13(12-22(17)15-9-5-2-6-10-15)11-19-18(21-16)20-14-7-3-1-4-8-14/h1-11H,12H2,(H,19,20,21). The molecule has 0 saturated heterocycles. The van der Waals surface area contributed by atoms with E-state index in [9.17, 15) is 4.79 Å². The lowest BCUT2D eigenvalue weighted by molar-refractivity contribution is 0.0992. The summed E-state index contributed by atoms with van der Waals surface area (Å²) in [6.45, 7) is 0.504. The van der Waals surface area contributed by atoms with Crippen LogP contribution in [0.2, 0.25) is 0 Å². The van der Waals surface area contributed by atoms with Crippen LogP contribution in [-0.4, -0.2) is 15.9 Å². The summed E-state index contributed by atoms with van der Waals surface area (Å²) < 4.78 is 0. The van der Waals surface area contributed by atoms with Crippen molar-refractivity contribution in [1.82, 2.24) is 9.97 Å². The molecule has 112 valence electrons. The number of rotatable bonds is 3. The second-order valence-electron chi connectivity index (χ2n) is 5.29. The number of para-hydroxylation sites is 2. The van der Waals surface area contributed by atoms with Crippen LogP contribution in [0.4, 0.5) is 17.3 Å². The van der Waals surface area contributed by atoms with Crippen LogP contribution >= 0.6 is 0 Å². The van der Waals surface area contributed by atoms with E-state index < -0.39 is 0 Å². The Morgan fingerprint density at radius 1 is 0.957 bits per heavy atom. The monoisotopic (exact) mass is 302 g/mol. The van der Waals surface area contributed by atoms with E-state index in [0.717, 1.165) is 16.9 Å². The smallest absolute Gasteiger partial charge is 0.277 e. The van der Waals surface area contributed by atoms with Crippen molar-refractivity contribution in [3.63, 3.8) is 0 Å². The first kappa shape index (κ1) is 13.5. The molecule has 1 amide bonds. The van der Waals surface area contributed by atoms with Gasteiger partial charge in [0.2, 0.25) is 5.95 Å². The maximum absolute atomic E-state index is 12.6. The van der Waals surface area contributed by atoms with Gasteiger partial charge < -0.3 is 10.2 Å². The normalized spacial score (nSPS) is 13.0. The third kappa shape index (κ3) is 2.53. The van der Waals surface area contributed by atoms with Crippen molar-refractivity contribution < 1.29 is 4.79 Å². The Morgan fingerprint density at radius 3 is 2.39 bits per heavy atom. The summed E-state index contributed by atoms with van der Waals surface area (Å²) in [6, 6.07) is 19.2. The highest BCUT2D eigenvalue weighted by Gasteiger charge is 2.30. The Hall–Kier alpha value is -3.21. The number of amides is 1. The minimum atomic E-state index is -0.0929. The lowest BCUT2D eigenvalue weighted by Crippen LogP contribution is -2.23. The second kappa shape index (κ2) is 5.53. The predicted octanol–water partition coefficient (Wildman–Crippen LogP) is 3.38. The molecule has 0 atom stereocenters. The number of hydrogen-bond donors (Lipinski definition) is 1. The Bertz CT molecular complexity index is 849. The fraction of sp³-hybridized carbons (Fsp3) is 0.0556. The van der Waals surface area contributed by atoms with Crippen molar-refractivity contribution >= 4 is 23.2 Å². The number of fused-ring (bicyclic) bond motifs is 1. The van der Waals surface area contributed by atoms with E-state index in [-0.39, 0.29) is 5.91 Å². The van der Waals surface area contributed by atoms with Gasteiger partial charge >= 0.3 is 0 Å². The quantitative estimate of drug-likeness (QED) is 0.806. The molecule has 5 heteroatoms. The fourth-order valence-electron chi connectivity index (χ4n) is 2.60. The highest BCUT2D eigenvalue weighted by Crippen LogP contribution is 2.27. The topological polar surface area (TPSA) is 58.1 Å². The zero-order valence-electron chi connectivity index (χ0n) is 12.3. The summed E-state index contributed by atoms with van der Waals surface area (Å²) in [7, 11) is 0. The molecule has 1 aromatic heterocycles. The van der Waals surface area contributed by atoms with Gasteiger partial charge in [-0.2, -0.15) is 0 Å². The van der Waals surface area contributed by atoms with E-state index in [1.54, 1.807) is 11.1 Å². The minimum absolute atomic E-state index is 0.0929. The van der Waals surface area contributed by atoms with Crippen molar-refractivity contribution in [1.29, 1.82) is 0 Å². The average Bonchev–Trinajstić information content (AvgIpc) is 2.93. The zero-order valence-corrected chi connectivity index (χ0v) is 12.3. The summed E-state index contributed by atoms with van der Waals surface area (Å²) in [5, 5.41) is 3.12. The number of carbonyl (C=O) groups is 1. The Balaban J connectivity index is 1.62. The molecule has 4 rings (SSSR count). The van der Waals surface area contributed by atoms with Crippen LogP contribution in [0.25, 0.3) is 0 Å². The molecule has 0 radical (unpaired) electrons. The SMILES string of the molecule is O=C1c2nc(Nc3ccccc3)ncc2CN1c1ccccc1. The number of nitrogens with zero attached hydrogens (tertiary/aromatic N) is 3. The Morgan fingerprint density at radius 2 is 1.65 bits per heavy atom. The van der Waals surface area contributed by atoms with Crippen LogP contribution in [0.3, 0.4) is 0 Å². The predicted molar refractivity (Wildman–Crippen MR) is 88.7 cm³/mol. The molecule has 2 heterocycles. The molecule has 3 aromatic rings. The first-order valence-electron chi connectivity index (χ1n) is 7.36. The van der Waals surface area contributed by atoms with E-state index in [0.29, 0.717) is 18.2 Å². The molecule has 5 nitrogen and oxygen atoms in total. The number of carbonyl (C=O) groups excluding carboxylic acids is 1. The molecular formula is C18H14N4O. The van der Waals surface area contributed by atoms with Gasteiger partial charge in [0.1, 0.15) is 5.69 Å². The summed E-state index contributed by atoms with van der Waals surface area (Å²) in [5.74, 6) is 0.336.